The minimum Gasteiger partial charge on any atom is -0.469 e. The van der Waals surface area contributed by atoms with E-state index in [1.54, 1.807) is 11.3 Å². The van der Waals surface area contributed by atoms with Gasteiger partial charge in [0.1, 0.15) is 0 Å². The summed E-state index contributed by atoms with van der Waals surface area (Å²) < 4.78 is 4.61. The monoisotopic (exact) mass is 281 g/mol. The van der Waals surface area contributed by atoms with Crippen LogP contribution < -0.4 is 0 Å². The molecule has 0 fully saturated rings. The molecule has 0 radical (unpaired) electrons. The minimum atomic E-state index is -0.265. The Bertz CT molecular complexity index is 536. The number of methoxy groups -OCH3 is 1. The zero-order valence-corrected chi connectivity index (χ0v) is 11.4. The Morgan fingerprint density at radius 3 is 2.78 bits per heavy atom. The topological polar surface area (TPSA) is 39.2 Å². The Labute approximate surface area is 114 Å². The molecule has 0 aliphatic heterocycles. The average molecular weight is 282 g/mol. The number of thiazole rings is 1. The van der Waals surface area contributed by atoms with Crippen molar-refractivity contribution in [1.82, 2.24) is 4.98 Å². The molecule has 0 amide bonds. The molecule has 2 rings (SSSR count). The second-order valence-electron chi connectivity index (χ2n) is 3.79. The number of benzene rings is 1. The third-order valence-electron chi connectivity index (χ3n) is 2.42. The van der Waals surface area contributed by atoms with Gasteiger partial charge in [-0.25, -0.2) is 4.98 Å². The van der Waals surface area contributed by atoms with E-state index in [0.717, 1.165) is 27.7 Å². The van der Waals surface area contributed by atoms with Crippen molar-refractivity contribution >= 4 is 28.9 Å². The predicted molar refractivity (Wildman–Crippen MR) is 72.1 cm³/mol. The second-order valence-corrected chi connectivity index (χ2v) is 5.17. The third kappa shape index (κ3) is 3.55. The second kappa shape index (κ2) is 5.98. The van der Waals surface area contributed by atoms with Gasteiger partial charge in [-0.3, -0.25) is 4.79 Å². The van der Waals surface area contributed by atoms with Crippen LogP contribution in [-0.2, 0) is 22.4 Å². The van der Waals surface area contributed by atoms with Gasteiger partial charge in [0.2, 0.25) is 0 Å². The van der Waals surface area contributed by atoms with Crippen molar-refractivity contribution in [2.45, 2.75) is 12.8 Å². The van der Waals surface area contributed by atoms with Crippen LogP contribution in [0.1, 0.15) is 16.3 Å². The van der Waals surface area contributed by atoms with Crippen molar-refractivity contribution in [3.8, 4) is 0 Å². The van der Waals surface area contributed by atoms with E-state index in [-0.39, 0.29) is 12.4 Å². The largest absolute Gasteiger partial charge is 0.469 e. The number of ether oxygens (including phenoxy) is 1. The Balaban J connectivity index is 2.02. The van der Waals surface area contributed by atoms with Crippen molar-refractivity contribution in [3.63, 3.8) is 0 Å². The molecule has 1 heterocycles. The number of rotatable bonds is 4. The Hall–Kier alpha value is -1.39. The first kappa shape index (κ1) is 13.1. The summed E-state index contributed by atoms with van der Waals surface area (Å²) in [5, 5.41) is 3.60. The SMILES string of the molecule is COC(=O)Cc1csc(Cc2ccc(Cl)cc2)n1. The number of hydrogen-bond acceptors (Lipinski definition) is 4. The number of aromatic nitrogens is 1. The maximum atomic E-state index is 11.1. The summed E-state index contributed by atoms with van der Waals surface area (Å²) in [5.74, 6) is -0.265. The molecule has 0 spiro atoms. The predicted octanol–water partition coefficient (Wildman–Crippen LogP) is 3.10. The van der Waals surface area contributed by atoms with Crippen LogP contribution in [0.2, 0.25) is 5.02 Å². The van der Waals surface area contributed by atoms with E-state index in [1.165, 1.54) is 7.11 Å². The summed E-state index contributed by atoms with van der Waals surface area (Å²) in [6.45, 7) is 0. The van der Waals surface area contributed by atoms with Gasteiger partial charge in [-0.15, -0.1) is 11.3 Å². The first-order valence-corrected chi connectivity index (χ1v) is 6.67. The van der Waals surface area contributed by atoms with E-state index in [9.17, 15) is 4.79 Å². The molecule has 18 heavy (non-hydrogen) atoms. The maximum Gasteiger partial charge on any atom is 0.311 e. The van der Waals surface area contributed by atoms with Gasteiger partial charge in [0, 0.05) is 16.8 Å². The summed E-state index contributed by atoms with van der Waals surface area (Å²) in [6, 6.07) is 7.67. The fourth-order valence-corrected chi connectivity index (χ4v) is 2.46. The smallest absolute Gasteiger partial charge is 0.311 e. The molecule has 0 saturated heterocycles. The van der Waals surface area contributed by atoms with E-state index in [0.29, 0.717) is 0 Å². The van der Waals surface area contributed by atoms with E-state index >= 15 is 0 Å². The zero-order chi connectivity index (χ0) is 13.0. The average Bonchev–Trinajstić information content (AvgIpc) is 2.79. The summed E-state index contributed by atoms with van der Waals surface area (Å²) in [5.41, 5.74) is 1.91. The molecular formula is C13H12ClNO2S. The van der Waals surface area contributed by atoms with Crippen LogP contribution in [0.15, 0.2) is 29.6 Å². The molecule has 3 nitrogen and oxygen atoms in total. The molecule has 1 aromatic carbocycles. The summed E-state index contributed by atoms with van der Waals surface area (Å²) in [6.07, 6.45) is 0.983. The van der Waals surface area contributed by atoms with E-state index in [2.05, 4.69) is 9.72 Å². The standard InChI is InChI=1S/C13H12ClNO2S/c1-17-13(16)7-11-8-18-12(15-11)6-9-2-4-10(14)5-3-9/h2-5,8H,6-7H2,1H3. The maximum absolute atomic E-state index is 11.1. The third-order valence-corrected chi connectivity index (χ3v) is 3.57. The van der Waals surface area contributed by atoms with Crippen LogP contribution in [0.5, 0.6) is 0 Å². The van der Waals surface area contributed by atoms with Gasteiger partial charge in [-0.05, 0) is 17.7 Å². The minimum absolute atomic E-state index is 0.230. The van der Waals surface area contributed by atoms with Crippen molar-refractivity contribution in [1.29, 1.82) is 0 Å². The van der Waals surface area contributed by atoms with Crippen molar-refractivity contribution in [2.75, 3.05) is 7.11 Å². The Morgan fingerprint density at radius 2 is 2.11 bits per heavy atom. The van der Waals surface area contributed by atoms with Gasteiger partial charge in [-0.2, -0.15) is 0 Å². The molecule has 94 valence electrons. The highest BCUT2D eigenvalue weighted by Crippen LogP contribution is 2.17. The molecule has 5 heteroatoms. The lowest BCUT2D eigenvalue weighted by Gasteiger charge is -1.98. The van der Waals surface area contributed by atoms with Crippen LogP contribution in [0, 0.1) is 0 Å². The normalized spacial score (nSPS) is 10.3. The highest BCUT2D eigenvalue weighted by Gasteiger charge is 2.08. The van der Waals surface area contributed by atoms with Crippen LogP contribution in [0.3, 0.4) is 0 Å². The lowest BCUT2D eigenvalue weighted by Crippen LogP contribution is -2.04. The number of carbonyl (C=O) groups is 1. The van der Waals surface area contributed by atoms with Gasteiger partial charge < -0.3 is 4.74 Å². The number of carbonyl (C=O) groups excluding carboxylic acids is 1. The molecule has 0 N–H and O–H groups in total. The van der Waals surface area contributed by atoms with Crippen LogP contribution >= 0.6 is 22.9 Å². The number of hydrogen-bond donors (Lipinski definition) is 0. The molecule has 0 aliphatic carbocycles. The number of esters is 1. The molecule has 2 aromatic rings. The highest BCUT2D eigenvalue weighted by molar-refractivity contribution is 7.09. The van der Waals surface area contributed by atoms with E-state index in [4.69, 9.17) is 11.6 Å². The Kier molecular flexibility index (Phi) is 4.33. The lowest BCUT2D eigenvalue weighted by atomic mass is 10.2. The fourth-order valence-electron chi connectivity index (χ4n) is 1.51. The first-order valence-electron chi connectivity index (χ1n) is 5.42. The van der Waals surface area contributed by atoms with Crippen molar-refractivity contribution in [3.05, 3.63) is 50.9 Å². The number of nitrogens with zero attached hydrogens (tertiary/aromatic N) is 1. The van der Waals surface area contributed by atoms with E-state index in [1.807, 2.05) is 29.6 Å². The Morgan fingerprint density at radius 1 is 1.39 bits per heavy atom. The zero-order valence-electron chi connectivity index (χ0n) is 9.85. The highest BCUT2D eigenvalue weighted by atomic mass is 35.5. The quantitative estimate of drug-likeness (QED) is 0.809. The molecule has 0 atom stereocenters. The lowest BCUT2D eigenvalue weighted by molar-refractivity contribution is -0.139. The van der Waals surface area contributed by atoms with Crippen LogP contribution in [0.4, 0.5) is 0 Å². The van der Waals surface area contributed by atoms with Crippen LogP contribution in [-0.4, -0.2) is 18.1 Å². The van der Waals surface area contributed by atoms with Gasteiger partial charge in [0.25, 0.3) is 0 Å². The van der Waals surface area contributed by atoms with E-state index < -0.39 is 0 Å². The van der Waals surface area contributed by atoms with Gasteiger partial charge >= 0.3 is 5.97 Å². The van der Waals surface area contributed by atoms with Gasteiger partial charge in [0.05, 0.1) is 24.2 Å². The first-order chi connectivity index (χ1) is 8.67. The summed E-state index contributed by atoms with van der Waals surface area (Å²) in [4.78, 5) is 15.5. The van der Waals surface area contributed by atoms with Crippen molar-refractivity contribution < 1.29 is 9.53 Å². The molecule has 0 unspecified atom stereocenters. The molecule has 0 saturated carbocycles. The molecular weight excluding hydrogens is 270 g/mol. The summed E-state index contributed by atoms with van der Waals surface area (Å²) in [7, 11) is 1.38. The molecule has 0 bridgehead atoms. The fraction of sp³-hybridized carbons (Fsp3) is 0.231. The van der Waals surface area contributed by atoms with Gasteiger partial charge in [0.15, 0.2) is 0 Å². The molecule has 1 aromatic heterocycles. The summed E-state index contributed by atoms with van der Waals surface area (Å²) >= 11 is 7.38. The van der Waals surface area contributed by atoms with Crippen LogP contribution in [0.25, 0.3) is 0 Å². The number of halogens is 1. The molecule has 0 aliphatic rings. The van der Waals surface area contributed by atoms with Crippen molar-refractivity contribution in [2.24, 2.45) is 0 Å². The van der Waals surface area contributed by atoms with Gasteiger partial charge in [-0.1, -0.05) is 23.7 Å².